The van der Waals surface area contributed by atoms with Crippen LogP contribution in [0.25, 0.3) is 0 Å². The number of imide groups is 1. The van der Waals surface area contributed by atoms with Crippen molar-refractivity contribution in [3.8, 4) is 0 Å². The first-order valence-electron chi connectivity index (χ1n) is 8.75. The first kappa shape index (κ1) is 18.7. The molecule has 0 aromatic carbocycles. The van der Waals surface area contributed by atoms with E-state index in [9.17, 15) is 14.4 Å². The number of likely N-dealkylation sites (N-methyl/N-ethyl adjacent to an activating group) is 1. The molecule has 0 atom stereocenters. The van der Waals surface area contributed by atoms with Gasteiger partial charge in [-0.05, 0) is 18.8 Å². The van der Waals surface area contributed by atoms with Gasteiger partial charge < -0.3 is 9.80 Å². The third-order valence-corrected chi connectivity index (χ3v) is 5.43. The van der Waals surface area contributed by atoms with Gasteiger partial charge in [-0.25, -0.2) is 4.79 Å². The van der Waals surface area contributed by atoms with Crippen molar-refractivity contribution in [2.24, 2.45) is 13.0 Å². The molecule has 2 aliphatic rings. The zero-order valence-electron chi connectivity index (χ0n) is 15.5. The van der Waals surface area contributed by atoms with Crippen LogP contribution >= 0.6 is 11.6 Å². The fourth-order valence-corrected chi connectivity index (χ4v) is 4.07. The van der Waals surface area contributed by atoms with Crippen molar-refractivity contribution < 1.29 is 14.4 Å². The normalized spacial score (nSPS) is 20.0. The summed E-state index contributed by atoms with van der Waals surface area (Å²) in [4.78, 5) is 42.6. The van der Waals surface area contributed by atoms with E-state index in [0.29, 0.717) is 37.5 Å². The first-order valence-corrected chi connectivity index (χ1v) is 9.13. The molecule has 2 aliphatic heterocycles. The summed E-state index contributed by atoms with van der Waals surface area (Å²) in [5.41, 5.74) is -0.629. The maximum atomic E-state index is 12.8. The molecule has 26 heavy (non-hydrogen) atoms. The number of hydrogen-bond donors (Lipinski definition) is 0. The van der Waals surface area contributed by atoms with Gasteiger partial charge in [-0.3, -0.25) is 19.2 Å². The Kier molecular flexibility index (Phi) is 4.72. The number of halogens is 1. The second-order valence-corrected chi connectivity index (χ2v) is 7.88. The summed E-state index contributed by atoms with van der Waals surface area (Å²) in [5.74, 6) is -0.167. The Morgan fingerprint density at radius 3 is 2.38 bits per heavy atom. The predicted octanol–water partition coefficient (Wildman–Crippen LogP) is 1.60. The zero-order valence-corrected chi connectivity index (χ0v) is 16.3. The third kappa shape index (κ3) is 2.86. The average Bonchev–Trinajstić information content (AvgIpc) is 3.01. The van der Waals surface area contributed by atoms with Gasteiger partial charge in [-0.1, -0.05) is 25.4 Å². The van der Waals surface area contributed by atoms with E-state index in [-0.39, 0.29) is 29.5 Å². The molecule has 0 bridgehead atoms. The quantitative estimate of drug-likeness (QED) is 0.745. The van der Waals surface area contributed by atoms with Crippen molar-refractivity contribution in [2.75, 3.05) is 26.7 Å². The van der Waals surface area contributed by atoms with Crippen molar-refractivity contribution in [1.29, 1.82) is 0 Å². The number of aromatic nitrogens is 2. The Balaban J connectivity index is 1.79. The summed E-state index contributed by atoms with van der Waals surface area (Å²) < 4.78 is 1.50. The first-order chi connectivity index (χ1) is 12.2. The summed E-state index contributed by atoms with van der Waals surface area (Å²) in [7, 11) is 3.23. The third-order valence-electron chi connectivity index (χ3n) is 5.15. The highest BCUT2D eigenvalue weighted by atomic mass is 35.5. The van der Waals surface area contributed by atoms with Gasteiger partial charge in [0.1, 0.15) is 5.54 Å². The van der Waals surface area contributed by atoms with Crippen LogP contribution in [0, 0.1) is 5.92 Å². The lowest BCUT2D eigenvalue weighted by Crippen LogP contribution is -2.58. The Bertz CT molecular complexity index is 752. The van der Waals surface area contributed by atoms with Crippen LogP contribution < -0.4 is 0 Å². The fraction of sp³-hybridized carbons (Fsp3) is 0.647. The Hall–Kier alpha value is -2.09. The van der Waals surface area contributed by atoms with Crippen molar-refractivity contribution in [1.82, 2.24) is 24.5 Å². The molecule has 9 heteroatoms. The molecule has 2 fully saturated rings. The smallest absolute Gasteiger partial charge is 0.327 e. The number of aryl methyl sites for hydroxylation is 1. The van der Waals surface area contributed by atoms with E-state index in [0.717, 1.165) is 0 Å². The summed E-state index contributed by atoms with van der Waals surface area (Å²) in [6.45, 7) is 5.33. The van der Waals surface area contributed by atoms with Crippen LogP contribution in [0.5, 0.6) is 0 Å². The van der Waals surface area contributed by atoms with E-state index < -0.39 is 5.54 Å². The number of piperidine rings is 1. The molecule has 0 aliphatic carbocycles. The highest BCUT2D eigenvalue weighted by Crippen LogP contribution is 2.37. The van der Waals surface area contributed by atoms with Gasteiger partial charge in [-0.15, -0.1) is 0 Å². The van der Waals surface area contributed by atoms with Crippen molar-refractivity contribution in [2.45, 2.75) is 32.2 Å². The monoisotopic (exact) mass is 381 g/mol. The maximum Gasteiger partial charge on any atom is 0.327 e. The maximum absolute atomic E-state index is 12.8. The minimum absolute atomic E-state index is 0.175. The van der Waals surface area contributed by atoms with Crippen molar-refractivity contribution in [3.05, 3.63) is 16.9 Å². The van der Waals surface area contributed by atoms with E-state index in [1.54, 1.807) is 23.0 Å². The molecule has 3 rings (SSSR count). The van der Waals surface area contributed by atoms with E-state index in [1.807, 2.05) is 13.8 Å². The van der Waals surface area contributed by atoms with E-state index in [2.05, 4.69) is 5.10 Å². The minimum atomic E-state index is -0.846. The number of rotatable bonds is 3. The van der Waals surface area contributed by atoms with E-state index in [4.69, 9.17) is 11.6 Å². The highest BCUT2D eigenvalue weighted by molar-refractivity contribution is 6.33. The number of likely N-dealkylation sites (tertiary alicyclic amines) is 1. The highest BCUT2D eigenvalue weighted by Gasteiger charge is 2.57. The molecule has 0 unspecified atom stereocenters. The van der Waals surface area contributed by atoms with Crippen LogP contribution in [0.2, 0.25) is 5.02 Å². The van der Waals surface area contributed by atoms with Gasteiger partial charge in [0.15, 0.2) is 5.69 Å². The van der Waals surface area contributed by atoms with Crippen LogP contribution in [0.15, 0.2) is 6.20 Å². The summed E-state index contributed by atoms with van der Waals surface area (Å²) in [5, 5.41) is 4.43. The molecule has 0 saturated carbocycles. The van der Waals surface area contributed by atoms with Gasteiger partial charge in [-0.2, -0.15) is 5.10 Å². The lowest BCUT2D eigenvalue weighted by Gasteiger charge is -2.42. The van der Waals surface area contributed by atoms with Crippen molar-refractivity contribution >= 4 is 29.4 Å². The number of amides is 4. The number of hydrogen-bond acceptors (Lipinski definition) is 4. The summed E-state index contributed by atoms with van der Waals surface area (Å²) >= 11 is 6.08. The van der Waals surface area contributed by atoms with Crippen LogP contribution in [-0.4, -0.2) is 74.5 Å². The average molecular weight is 382 g/mol. The fourth-order valence-electron chi connectivity index (χ4n) is 3.81. The van der Waals surface area contributed by atoms with Crippen LogP contribution in [0.1, 0.15) is 37.2 Å². The number of nitrogens with zero attached hydrogens (tertiary/aromatic N) is 5. The van der Waals surface area contributed by atoms with Crippen molar-refractivity contribution in [3.63, 3.8) is 0 Å². The Labute approximate surface area is 157 Å². The molecule has 8 nitrogen and oxygen atoms in total. The van der Waals surface area contributed by atoms with Crippen LogP contribution in [0.4, 0.5) is 4.79 Å². The van der Waals surface area contributed by atoms with E-state index >= 15 is 0 Å². The molecule has 0 radical (unpaired) electrons. The van der Waals surface area contributed by atoms with Crippen LogP contribution in [-0.2, 0) is 11.8 Å². The molecule has 1 spiro atoms. The Morgan fingerprint density at radius 1 is 1.27 bits per heavy atom. The molecular formula is C17H24ClN5O3. The molecule has 0 N–H and O–H groups in total. The lowest BCUT2D eigenvalue weighted by atomic mass is 9.85. The summed E-state index contributed by atoms with van der Waals surface area (Å²) in [6.07, 6.45) is 2.42. The largest absolute Gasteiger partial charge is 0.337 e. The van der Waals surface area contributed by atoms with Gasteiger partial charge >= 0.3 is 6.03 Å². The molecule has 1 aromatic heterocycles. The molecule has 4 amide bonds. The van der Waals surface area contributed by atoms with E-state index in [1.165, 1.54) is 16.6 Å². The van der Waals surface area contributed by atoms with Gasteiger partial charge in [0.05, 0.1) is 5.02 Å². The molecule has 3 heterocycles. The van der Waals surface area contributed by atoms with Gasteiger partial charge in [0.25, 0.3) is 11.8 Å². The van der Waals surface area contributed by atoms with Crippen LogP contribution in [0.3, 0.4) is 0 Å². The standard InChI is InChI=1S/C17H24ClN5O3/c1-11(2)9-23-16(26)21(4)15(25)17(23)5-7-22(8-6-17)14(24)13-12(18)10-20(3)19-13/h10-11H,5-9H2,1-4H3. The second kappa shape index (κ2) is 6.57. The summed E-state index contributed by atoms with van der Waals surface area (Å²) in [6, 6.07) is -0.253. The number of carbonyl (C=O) groups is 3. The zero-order chi connectivity index (χ0) is 19.2. The van der Waals surface area contributed by atoms with Gasteiger partial charge in [0, 0.05) is 39.9 Å². The minimum Gasteiger partial charge on any atom is -0.337 e. The SMILES string of the molecule is CC(C)CN1C(=O)N(C)C(=O)C12CCN(C(=O)c1nn(C)cc1Cl)CC2. The predicted molar refractivity (Wildman–Crippen MR) is 95.8 cm³/mol. The topological polar surface area (TPSA) is 78.8 Å². The molecule has 2 saturated heterocycles. The molecular weight excluding hydrogens is 358 g/mol. The lowest BCUT2D eigenvalue weighted by molar-refractivity contribution is -0.134. The molecule has 1 aromatic rings. The molecule has 142 valence electrons. The second-order valence-electron chi connectivity index (χ2n) is 7.47. The Morgan fingerprint density at radius 2 is 1.88 bits per heavy atom. The number of urea groups is 1. The van der Waals surface area contributed by atoms with Gasteiger partial charge in [0.2, 0.25) is 0 Å². The number of carbonyl (C=O) groups excluding carboxylic acids is 3.